The molecule has 2 nitrogen and oxygen atoms in total. The smallest absolute Gasteiger partial charge is 0.154 e. The quantitative estimate of drug-likeness (QED) is 0.733. The molecule has 0 bridgehead atoms. The Hall–Kier alpha value is -0.0900. The van der Waals surface area contributed by atoms with Crippen LogP contribution in [0.2, 0.25) is 10.0 Å². The third-order valence-corrected chi connectivity index (χ3v) is 4.75. The van der Waals surface area contributed by atoms with Gasteiger partial charge in [0.2, 0.25) is 0 Å². The highest BCUT2D eigenvalue weighted by atomic mass is 35.5. The number of rotatable bonds is 3. The van der Waals surface area contributed by atoms with Crippen LogP contribution >= 0.6 is 46.6 Å². The Morgan fingerprint density at radius 3 is 2.89 bits per heavy atom. The van der Waals surface area contributed by atoms with Gasteiger partial charge in [-0.1, -0.05) is 28.4 Å². The summed E-state index contributed by atoms with van der Waals surface area (Å²) >= 11 is 19.5. The van der Waals surface area contributed by atoms with Crippen molar-refractivity contribution in [1.82, 2.24) is 0 Å². The van der Waals surface area contributed by atoms with Crippen LogP contribution in [0.25, 0.3) is 0 Å². The molecule has 0 saturated heterocycles. The summed E-state index contributed by atoms with van der Waals surface area (Å²) in [4.78, 5) is 5.32. The van der Waals surface area contributed by atoms with E-state index in [0.29, 0.717) is 15.9 Å². The highest BCUT2D eigenvalue weighted by Gasteiger charge is 2.33. The van der Waals surface area contributed by atoms with E-state index in [-0.39, 0.29) is 5.60 Å². The summed E-state index contributed by atoms with van der Waals surface area (Å²) < 4.78 is 0. The highest BCUT2D eigenvalue weighted by Crippen LogP contribution is 2.32. The topological polar surface area (TPSA) is 21.6 Å². The predicted molar refractivity (Wildman–Crippen MR) is 80.0 cm³/mol. The van der Waals surface area contributed by atoms with E-state index < -0.39 is 0 Å². The molecule has 0 radical (unpaired) electrons. The van der Waals surface area contributed by atoms with E-state index in [2.05, 4.69) is 5.16 Å². The molecule has 0 aliphatic carbocycles. The van der Waals surface area contributed by atoms with Crippen molar-refractivity contribution in [1.29, 1.82) is 0 Å². The zero-order chi connectivity index (χ0) is 13.2. The minimum absolute atomic E-state index is 0.373. The maximum absolute atomic E-state index is 6.10. The first-order valence-corrected chi connectivity index (χ1v) is 7.68. The van der Waals surface area contributed by atoms with Crippen molar-refractivity contribution in [2.75, 3.05) is 5.88 Å². The molecule has 0 N–H and O–H groups in total. The molecular formula is C12H12Cl3NOS. The normalized spacial score (nSPS) is 22.8. The lowest BCUT2D eigenvalue weighted by molar-refractivity contribution is 0.0152. The molecule has 0 fully saturated rings. The van der Waals surface area contributed by atoms with E-state index in [1.54, 1.807) is 23.9 Å². The van der Waals surface area contributed by atoms with Crippen molar-refractivity contribution in [2.45, 2.75) is 24.7 Å². The summed E-state index contributed by atoms with van der Waals surface area (Å²) in [6.45, 7) is 1.95. The molecule has 6 heteroatoms. The van der Waals surface area contributed by atoms with Gasteiger partial charge in [0, 0.05) is 22.2 Å². The van der Waals surface area contributed by atoms with Gasteiger partial charge in [-0.25, -0.2) is 0 Å². The Morgan fingerprint density at radius 2 is 2.22 bits per heavy atom. The molecule has 98 valence electrons. The minimum Gasteiger partial charge on any atom is -0.387 e. The fourth-order valence-corrected chi connectivity index (χ4v) is 3.17. The molecule has 1 aliphatic rings. The van der Waals surface area contributed by atoms with Crippen molar-refractivity contribution in [3.63, 3.8) is 0 Å². The molecule has 1 heterocycles. The molecular weight excluding hydrogens is 313 g/mol. The highest BCUT2D eigenvalue weighted by molar-refractivity contribution is 8.13. The third kappa shape index (κ3) is 3.47. The number of hydrogen-bond acceptors (Lipinski definition) is 3. The Morgan fingerprint density at radius 1 is 1.44 bits per heavy atom. The molecule has 0 spiro atoms. The van der Waals surface area contributed by atoms with Gasteiger partial charge in [-0.05, 0) is 30.7 Å². The van der Waals surface area contributed by atoms with Crippen molar-refractivity contribution < 1.29 is 4.84 Å². The first kappa shape index (κ1) is 14.3. The summed E-state index contributed by atoms with van der Waals surface area (Å²) in [6.07, 6.45) is 0.735. The monoisotopic (exact) mass is 323 g/mol. The molecule has 1 aromatic carbocycles. The van der Waals surface area contributed by atoms with Crippen LogP contribution in [0.5, 0.6) is 0 Å². The Labute approximate surface area is 126 Å². The van der Waals surface area contributed by atoms with Crippen molar-refractivity contribution in [3.05, 3.63) is 33.8 Å². The van der Waals surface area contributed by atoms with Gasteiger partial charge in [0.1, 0.15) is 5.04 Å². The Balaban J connectivity index is 1.95. The second-order valence-electron chi connectivity index (χ2n) is 4.36. The van der Waals surface area contributed by atoms with E-state index in [9.17, 15) is 0 Å². The fourth-order valence-electron chi connectivity index (χ4n) is 1.51. The first-order valence-electron chi connectivity index (χ1n) is 5.40. The van der Waals surface area contributed by atoms with Gasteiger partial charge < -0.3 is 4.84 Å². The largest absolute Gasteiger partial charge is 0.387 e. The van der Waals surface area contributed by atoms with E-state index in [1.165, 1.54) is 0 Å². The van der Waals surface area contributed by atoms with Gasteiger partial charge >= 0.3 is 0 Å². The zero-order valence-electron chi connectivity index (χ0n) is 9.75. The summed E-state index contributed by atoms with van der Waals surface area (Å²) in [5.74, 6) is 1.15. The van der Waals surface area contributed by atoms with Crippen molar-refractivity contribution in [2.24, 2.45) is 5.16 Å². The number of alkyl halides is 1. The Kier molecular flexibility index (Phi) is 4.70. The predicted octanol–water partition coefficient (Wildman–Crippen LogP) is 4.96. The van der Waals surface area contributed by atoms with Crippen LogP contribution in [0.4, 0.5) is 0 Å². The molecule has 1 aromatic rings. The van der Waals surface area contributed by atoms with Crippen molar-refractivity contribution >= 4 is 51.6 Å². The standard InChI is InChI=1S/C12H12Cl3NOS/c1-12(7-13)5-11(16-17-12)18-6-8-4-9(14)2-3-10(8)15/h2-4H,5-7H2,1H3. The second-order valence-corrected chi connectivity index (χ2v) is 6.52. The van der Waals surface area contributed by atoms with Crippen molar-refractivity contribution in [3.8, 4) is 0 Å². The average Bonchev–Trinajstić information content (AvgIpc) is 2.73. The lowest BCUT2D eigenvalue weighted by Crippen LogP contribution is -2.26. The lowest BCUT2D eigenvalue weighted by Gasteiger charge is -2.16. The summed E-state index contributed by atoms with van der Waals surface area (Å²) in [6, 6.07) is 5.45. The maximum Gasteiger partial charge on any atom is 0.154 e. The van der Waals surface area contributed by atoms with E-state index >= 15 is 0 Å². The number of oxime groups is 1. The molecule has 2 rings (SSSR count). The average molecular weight is 325 g/mol. The molecule has 18 heavy (non-hydrogen) atoms. The maximum atomic E-state index is 6.10. The number of nitrogens with zero attached hydrogens (tertiary/aromatic N) is 1. The molecule has 1 aliphatic heterocycles. The van der Waals surface area contributed by atoms with Crippen LogP contribution in [-0.4, -0.2) is 16.5 Å². The molecule has 1 unspecified atom stereocenters. The lowest BCUT2D eigenvalue weighted by atomic mass is 10.1. The van der Waals surface area contributed by atoms with Gasteiger partial charge in [0.25, 0.3) is 0 Å². The number of halogens is 3. The summed E-state index contributed by atoms with van der Waals surface area (Å²) in [5, 5.41) is 6.38. The van der Waals surface area contributed by atoms with E-state index in [4.69, 9.17) is 39.6 Å². The first-order chi connectivity index (χ1) is 8.52. The fraction of sp³-hybridized carbons (Fsp3) is 0.417. The summed E-state index contributed by atoms with van der Waals surface area (Å²) in [5.41, 5.74) is 0.624. The zero-order valence-corrected chi connectivity index (χ0v) is 12.8. The van der Waals surface area contributed by atoms with Gasteiger partial charge in [-0.15, -0.1) is 23.4 Å². The van der Waals surface area contributed by atoms with Gasteiger partial charge in [-0.3, -0.25) is 0 Å². The molecule has 0 amide bonds. The Bertz CT molecular complexity index is 480. The van der Waals surface area contributed by atoms with Crippen LogP contribution in [0.3, 0.4) is 0 Å². The molecule has 0 aromatic heterocycles. The number of thioether (sulfide) groups is 1. The van der Waals surface area contributed by atoms with Gasteiger partial charge in [-0.2, -0.15) is 0 Å². The van der Waals surface area contributed by atoms with Gasteiger partial charge in [0.05, 0.1) is 5.88 Å². The van der Waals surface area contributed by atoms with Crippen LogP contribution < -0.4 is 0 Å². The van der Waals surface area contributed by atoms with E-state index in [0.717, 1.165) is 22.8 Å². The molecule has 0 saturated carbocycles. The van der Waals surface area contributed by atoms with Crippen LogP contribution in [0.15, 0.2) is 23.4 Å². The second kappa shape index (κ2) is 5.91. The van der Waals surface area contributed by atoms with Gasteiger partial charge in [0.15, 0.2) is 5.60 Å². The minimum atomic E-state index is -0.373. The number of benzene rings is 1. The van der Waals surface area contributed by atoms with Crippen LogP contribution in [0, 0.1) is 0 Å². The third-order valence-electron chi connectivity index (χ3n) is 2.58. The summed E-state index contributed by atoms with van der Waals surface area (Å²) in [7, 11) is 0. The van der Waals surface area contributed by atoms with Crippen LogP contribution in [-0.2, 0) is 10.6 Å². The van der Waals surface area contributed by atoms with Crippen LogP contribution in [0.1, 0.15) is 18.9 Å². The number of hydrogen-bond donors (Lipinski definition) is 0. The molecule has 1 atom stereocenters. The van der Waals surface area contributed by atoms with E-state index in [1.807, 2.05) is 13.0 Å². The SMILES string of the molecule is CC1(CCl)CC(SCc2cc(Cl)ccc2Cl)=NO1.